The van der Waals surface area contributed by atoms with Gasteiger partial charge in [-0.05, 0) is 98.3 Å². The lowest BCUT2D eigenvalue weighted by Crippen LogP contribution is -2.45. The van der Waals surface area contributed by atoms with Crippen molar-refractivity contribution in [3.63, 3.8) is 0 Å². The first kappa shape index (κ1) is 43.2. The van der Waals surface area contributed by atoms with Crippen molar-refractivity contribution in [1.29, 1.82) is 0 Å². The molecule has 0 heterocycles. The van der Waals surface area contributed by atoms with E-state index in [0.29, 0.717) is 6.61 Å². The molecule has 0 N–H and O–H groups in total. The van der Waals surface area contributed by atoms with Crippen molar-refractivity contribution >= 4 is 25.0 Å². The molecule has 0 aliphatic carbocycles. The van der Waals surface area contributed by atoms with Crippen LogP contribution in [0.3, 0.4) is 0 Å². The second-order valence-corrected chi connectivity index (χ2v) is 31.9. The molecule has 266 valence electrons. The Morgan fingerprint density at radius 2 is 1.40 bits per heavy atom. The lowest BCUT2D eigenvalue weighted by molar-refractivity contribution is 0.192. The van der Waals surface area contributed by atoms with Gasteiger partial charge in [0.15, 0.2) is 16.6 Å². The Kier molecular flexibility index (Phi) is 15.4. The summed E-state index contributed by atoms with van der Waals surface area (Å²) in [5, 5.41) is 0.0946. The van der Waals surface area contributed by atoms with Crippen LogP contribution < -0.4 is 9.16 Å². The van der Waals surface area contributed by atoms with Gasteiger partial charge in [-0.2, -0.15) is 0 Å². The Labute approximate surface area is 294 Å². The summed E-state index contributed by atoms with van der Waals surface area (Å²) in [4.78, 5) is 0. The summed E-state index contributed by atoms with van der Waals surface area (Å²) in [6.07, 6.45) is 14.7. The molecule has 0 aliphatic rings. The van der Waals surface area contributed by atoms with E-state index in [-0.39, 0.29) is 21.2 Å². The zero-order chi connectivity index (χ0) is 36.6. The number of terminal acetylenes is 1. The largest absolute Gasteiger partial charge is 0.543 e. The van der Waals surface area contributed by atoms with Crippen molar-refractivity contribution in [2.24, 2.45) is 0 Å². The molecule has 0 saturated carbocycles. The highest BCUT2D eigenvalue weighted by Gasteiger charge is 2.44. The number of methoxy groups -OCH3 is 1. The van der Waals surface area contributed by atoms with Gasteiger partial charge in [0.05, 0.1) is 19.8 Å². The van der Waals surface area contributed by atoms with Crippen molar-refractivity contribution in [3.05, 3.63) is 59.2 Å². The zero-order valence-corrected chi connectivity index (χ0v) is 36.4. The van der Waals surface area contributed by atoms with E-state index < -0.39 is 25.0 Å². The second-order valence-electron chi connectivity index (χ2n) is 17.6. The number of hydrogen-bond donors (Lipinski definition) is 0. The third-order valence-corrected chi connectivity index (χ3v) is 23.9. The molecule has 1 atom stereocenters. The monoisotopic (exact) mass is 698 g/mol. The number of allylic oxidation sites excluding steroid dienone is 4. The first-order chi connectivity index (χ1) is 21.2. The Morgan fingerprint density at radius 3 is 1.87 bits per heavy atom. The summed E-state index contributed by atoms with van der Waals surface area (Å²) in [6.45, 7) is 41.2. The molecule has 0 aliphatic heterocycles. The molecule has 0 spiro atoms. The number of hydrogen-bond acceptors (Lipinski definition) is 4. The molecule has 1 aromatic carbocycles. The smallest absolute Gasteiger partial charge is 0.250 e. The van der Waals surface area contributed by atoms with E-state index >= 15 is 0 Å². The maximum Gasteiger partial charge on any atom is 0.250 e. The van der Waals surface area contributed by atoms with Gasteiger partial charge in [-0.1, -0.05) is 86.1 Å². The topological polar surface area (TPSA) is 36.9 Å². The minimum Gasteiger partial charge on any atom is -0.543 e. The van der Waals surface area contributed by atoms with Gasteiger partial charge in [0.1, 0.15) is 11.5 Å². The number of rotatable bonds is 16. The van der Waals surface area contributed by atoms with Gasteiger partial charge in [0, 0.05) is 17.5 Å². The van der Waals surface area contributed by atoms with Crippen molar-refractivity contribution in [2.45, 2.75) is 155 Å². The normalized spacial score (nSPS) is 14.9. The number of ether oxygens (including phenoxy) is 1. The van der Waals surface area contributed by atoms with Gasteiger partial charge in [-0.25, -0.2) is 0 Å². The van der Waals surface area contributed by atoms with Gasteiger partial charge in [-0.3, -0.25) is 0 Å². The minimum absolute atomic E-state index is 0.000143. The van der Waals surface area contributed by atoms with Gasteiger partial charge in [0.25, 0.3) is 0 Å². The Bertz CT molecular complexity index is 1290. The molecule has 0 unspecified atom stereocenters. The van der Waals surface area contributed by atoms with Crippen LogP contribution in [-0.4, -0.2) is 38.7 Å². The highest BCUT2D eigenvalue weighted by atomic mass is 28.4. The molecule has 4 nitrogen and oxygen atoms in total. The first-order valence-corrected chi connectivity index (χ1v) is 26.1. The molecule has 0 radical (unpaired) electrons. The van der Waals surface area contributed by atoms with Crippen molar-refractivity contribution < 1.29 is 18.0 Å². The average molecular weight is 699 g/mol. The summed E-state index contributed by atoms with van der Waals surface area (Å²) in [5.41, 5.74) is 4.47. The van der Waals surface area contributed by atoms with E-state index in [9.17, 15) is 0 Å². The molecular formula is C40H70O4Si3. The van der Waals surface area contributed by atoms with Crippen LogP contribution >= 0.6 is 0 Å². The van der Waals surface area contributed by atoms with Gasteiger partial charge in [-0.15, -0.1) is 18.9 Å². The lowest BCUT2D eigenvalue weighted by atomic mass is 9.95. The minimum atomic E-state index is -2.29. The van der Waals surface area contributed by atoms with Gasteiger partial charge in [0.2, 0.25) is 8.32 Å². The van der Waals surface area contributed by atoms with E-state index in [1.165, 1.54) is 5.57 Å². The summed E-state index contributed by atoms with van der Waals surface area (Å²) in [6, 6.07) is 4.40. The molecule has 0 amide bonds. The molecule has 7 heteroatoms. The molecule has 0 fully saturated rings. The Balaban J connectivity index is 4.17. The van der Waals surface area contributed by atoms with Crippen molar-refractivity contribution in [3.8, 4) is 23.8 Å². The fourth-order valence-corrected chi connectivity index (χ4v) is 7.42. The molecule has 0 saturated heterocycles. The SMILES string of the molecule is C#CCC/C=C(\C)Cc1cc(O[Si](C)(C)C(C)(C)C)c([C@@H](O[Si](C)(C)C(C)(C)C)/C(=C\CC=C)CO[Si](C)(C)C(C)(C)C)cc1OC. The Hall–Kier alpha value is -1.83. The van der Waals surface area contributed by atoms with Gasteiger partial charge < -0.3 is 18.0 Å². The van der Waals surface area contributed by atoms with Crippen LogP contribution in [0.25, 0.3) is 0 Å². The predicted molar refractivity (Wildman–Crippen MR) is 213 cm³/mol. The van der Waals surface area contributed by atoms with E-state index in [2.05, 4.69) is 145 Å². The highest BCUT2D eigenvalue weighted by Crippen LogP contribution is 2.48. The third-order valence-electron chi connectivity index (χ3n) is 10.6. The van der Waals surface area contributed by atoms with Crippen LogP contribution in [0.5, 0.6) is 11.5 Å². The molecule has 0 bridgehead atoms. The highest BCUT2D eigenvalue weighted by molar-refractivity contribution is 6.75. The lowest BCUT2D eigenvalue weighted by Gasteiger charge is -2.42. The fraction of sp³-hybridized carbons (Fsp3) is 0.650. The quantitative estimate of drug-likeness (QED) is 0.0745. The summed E-state index contributed by atoms with van der Waals surface area (Å²) >= 11 is 0. The van der Waals surface area contributed by atoms with E-state index in [4.69, 9.17) is 24.4 Å². The van der Waals surface area contributed by atoms with E-state index in [1.54, 1.807) is 7.11 Å². The van der Waals surface area contributed by atoms with Crippen LogP contribution in [0.2, 0.25) is 54.4 Å². The number of benzene rings is 1. The first-order valence-electron chi connectivity index (χ1n) is 17.3. The fourth-order valence-electron chi connectivity index (χ4n) is 4.21. The Morgan fingerprint density at radius 1 is 0.851 bits per heavy atom. The molecule has 1 aromatic rings. The maximum atomic E-state index is 7.45. The standard InChI is InChI=1S/C40H70O4Si3/c1-20-22-24-25-31(3)27-33-28-36(43-46(16,17)39(7,8)9)34(29-35(33)41-13)37(44-47(18,19)40(10,11)12)32(26-23-21-2)30-42-45(14,15)38(4,5)6/h1,21,25-26,28-29,37H,2,22-24,27,30H2,3-19H3/b31-25+,32-26-/t37-/m0/s1. The van der Waals surface area contributed by atoms with E-state index in [1.807, 2.05) is 6.08 Å². The van der Waals surface area contributed by atoms with E-state index in [0.717, 1.165) is 53.9 Å². The summed E-state index contributed by atoms with van der Waals surface area (Å²) in [5.74, 6) is 4.46. The zero-order valence-electron chi connectivity index (χ0n) is 33.4. The predicted octanol–water partition coefficient (Wildman–Crippen LogP) is 12.6. The summed E-state index contributed by atoms with van der Waals surface area (Å²) in [7, 11) is -4.85. The van der Waals surface area contributed by atoms with Crippen LogP contribution in [0.4, 0.5) is 0 Å². The molecule has 1 rings (SSSR count). The average Bonchev–Trinajstić information content (AvgIpc) is 2.90. The second kappa shape index (κ2) is 16.7. The molecule has 47 heavy (non-hydrogen) atoms. The van der Waals surface area contributed by atoms with Crippen LogP contribution in [0, 0.1) is 12.3 Å². The van der Waals surface area contributed by atoms with Crippen LogP contribution in [0.15, 0.2) is 48.1 Å². The van der Waals surface area contributed by atoms with Gasteiger partial charge >= 0.3 is 0 Å². The van der Waals surface area contributed by atoms with Crippen molar-refractivity contribution in [1.82, 2.24) is 0 Å². The van der Waals surface area contributed by atoms with Crippen LogP contribution in [-0.2, 0) is 15.3 Å². The molecular weight excluding hydrogens is 629 g/mol. The maximum absolute atomic E-state index is 7.45. The summed E-state index contributed by atoms with van der Waals surface area (Å²) < 4.78 is 27.7. The van der Waals surface area contributed by atoms with Crippen molar-refractivity contribution in [2.75, 3.05) is 13.7 Å². The number of unbranched alkanes of at least 4 members (excludes halogenated alkanes) is 1. The molecule has 0 aromatic heterocycles. The third kappa shape index (κ3) is 12.2. The van der Waals surface area contributed by atoms with Crippen LogP contribution in [0.1, 0.15) is 106 Å².